The van der Waals surface area contributed by atoms with Gasteiger partial charge in [-0.15, -0.1) is 0 Å². The number of hydrogen-bond acceptors (Lipinski definition) is 2. The van der Waals surface area contributed by atoms with E-state index in [-0.39, 0.29) is 11.4 Å². The van der Waals surface area contributed by atoms with Crippen LogP contribution in [0.2, 0.25) is 0 Å². The molecule has 0 radical (unpaired) electrons. The van der Waals surface area contributed by atoms with Crippen molar-refractivity contribution in [3.63, 3.8) is 0 Å². The largest absolute Gasteiger partial charge is 0.385 e. The lowest BCUT2D eigenvalue weighted by Crippen LogP contribution is -2.42. The lowest BCUT2D eigenvalue weighted by Gasteiger charge is -2.24. The van der Waals surface area contributed by atoms with Gasteiger partial charge in [0.15, 0.2) is 0 Å². The van der Waals surface area contributed by atoms with E-state index in [9.17, 15) is 4.79 Å². The van der Waals surface area contributed by atoms with E-state index < -0.39 is 0 Å². The first-order valence-electron chi connectivity index (χ1n) is 7.06. The molecule has 0 spiro atoms. The van der Waals surface area contributed by atoms with Crippen LogP contribution in [0, 0.1) is 6.92 Å². The SMILES string of the molecule is CCCNc1ccc(C(=O)NC(C)(C)CC)cc1C. The van der Waals surface area contributed by atoms with Crippen molar-refractivity contribution in [3.05, 3.63) is 29.3 Å². The molecule has 0 saturated heterocycles. The molecule has 2 N–H and O–H groups in total. The average molecular weight is 262 g/mol. The molecule has 0 saturated carbocycles. The molecule has 0 aliphatic heterocycles. The van der Waals surface area contributed by atoms with Gasteiger partial charge in [-0.1, -0.05) is 13.8 Å². The molecule has 3 heteroatoms. The molecule has 0 heterocycles. The Balaban J connectivity index is 2.80. The standard InChI is InChI=1S/C16H26N2O/c1-6-10-17-14-9-8-13(11-12(14)3)15(19)18-16(4,5)7-2/h8-9,11,17H,6-7,10H2,1-5H3,(H,18,19). The summed E-state index contributed by atoms with van der Waals surface area (Å²) >= 11 is 0. The highest BCUT2D eigenvalue weighted by Crippen LogP contribution is 2.17. The van der Waals surface area contributed by atoms with E-state index in [4.69, 9.17) is 0 Å². The fraction of sp³-hybridized carbons (Fsp3) is 0.562. The van der Waals surface area contributed by atoms with Crippen LogP contribution in [0.1, 0.15) is 56.5 Å². The molecule has 1 rings (SSSR count). The number of carbonyl (C=O) groups excluding carboxylic acids is 1. The van der Waals surface area contributed by atoms with Crippen LogP contribution in [0.3, 0.4) is 0 Å². The number of benzene rings is 1. The number of carbonyl (C=O) groups is 1. The average Bonchev–Trinajstić information content (AvgIpc) is 2.36. The van der Waals surface area contributed by atoms with Crippen LogP contribution in [0.4, 0.5) is 5.69 Å². The first kappa shape index (κ1) is 15.5. The van der Waals surface area contributed by atoms with E-state index in [2.05, 4.69) is 24.5 Å². The highest BCUT2D eigenvalue weighted by molar-refractivity contribution is 5.95. The third-order valence-corrected chi connectivity index (χ3v) is 3.39. The van der Waals surface area contributed by atoms with Crippen LogP contribution in [-0.4, -0.2) is 18.0 Å². The topological polar surface area (TPSA) is 41.1 Å². The number of anilines is 1. The Morgan fingerprint density at radius 3 is 2.47 bits per heavy atom. The van der Waals surface area contributed by atoms with Gasteiger partial charge in [-0.2, -0.15) is 0 Å². The van der Waals surface area contributed by atoms with Gasteiger partial charge >= 0.3 is 0 Å². The highest BCUT2D eigenvalue weighted by atomic mass is 16.1. The molecule has 19 heavy (non-hydrogen) atoms. The molecule has 0 bridgehead atoms. The normalized spacial score (nSPS) is 11.2. The molecule has 106 valence electrons. The monoisotopic (exact) mass is 262 g/mol. The van der Waals surface area contributed by atoms with E-state index in [1.807, 2.05) is 39.0 Å². The maximum atomic E-state index is 12.2. The Morgan fingerprint density at radius 2 is 1.95 bits per heavy atom. The minimum atomic E-state index is -0.163. The zero-order valence-electron chi connectivity index (χ0n) is 12.8. The molecular formula is C16H26N2O. The van der Waals surface area contributed by atoms with Crippen molar-refractivity contribution in [1.29, 1.82) is 0 Å². The lowest BCUT2D eigenvalue weighted by atomic mass is 10.0. The van der Waals surface area contributed by atoms with Crippen molar-refractivity contribution in [2.75, 3.05) is 11.9 Å². The van der Waals surface area contributed by atoms with Crippen molar-refractivity contribution in [3.8, 4) is 0 Å². The minimum Gasteiger partial charge on any atom is -0.385 e. The van der Waals surface area contributed by atoms with E-state index >= 15 is 0 Å². The molecule has 1 aromatic rings. The van der Waals surface area contributed by atoms with Crippen LogP contribution in [0.25, 0.3) is 0 Å². The van der Waals surface area contributed by atoms with Gasteiger partial charge in [-0.25, -0.2) is 0 Å². The van der Waals surface area contributed by atoms with Gasteiger partial charge < -0.3 is 10.6 Å². The maximum Gasteiger partial charge on any atom is 0.251 e. The van der Waals surface area contributed by atoms with Gasteiger partial charge in [0.2, 0.25) is 0 Å². The Bertz CT molecular complexity index is 438. The highest BCUT2D eigenvalue weighted by Gasteiger charge is 2.19. The number of hydrogen-bond donors (Lipinski definition) is 2. The molecule has 1 amide bonds. The summed E-state index contributed by atoms with van der Waals surface area (Å²) in [5.74, 6) is -0.00279. The molecule has 0 atom stereocenters. The fourth-order valence-corrected chi connectivity index (χ4v) is 1.73. The second kappa shape index (κ2) is 6.60. The second-order valence-electron chi connectivity index (χ2n) is 5.65. The van der Waals surface area contributed by atoms with Crippen molar-refractivity contribution >= 4 is 11.6 Å². The predicted molar refractivity (Wildman–Crippen MR) is 81.8 cm³/mol. The van der Waals surface area contributed by atoms with Crippen LogP contribution in [0.5, 0.6) is 0 Å². The summed E-state index contributed by atoms with van der Waals surface area (Å²) in [4.78, 5) is 12.2. The Kier molecular flexibility index (Phi) is 5.40. The van der Waals surface area contributed by atoms with Gasteiger partial charge in [0.25, 0.3) is 5.91 Å². The molecule has 0 aliphatic rings. The third kappa shape index (κ3) is 4.58. The van der Waals surface area contributed by atoms with Gasteiger partial charge in [-0.05, 0) is 57.4 Å². The van der Waals surface area contributed by atoms with E-state index in [0.717, 1.165) is 36.2 Å². The van der Waals surface area contributed by atoms with Gasteiger partial charge in [0.05, 0.1) is 0 Å². The maximum absolute atomic E-state index is 12.2. The molecular weight excluding hydrogens is 236 g/mol. The first-order chi connectivity index (χ1) is 8.89. The fourth-order valence-electron chi connectivity index (χ4n) is 1.73. The first-order valence-corrected chi connectivity index (χ1v) is 7.06. The van der Waals surface area contributed by atoms with E-state index in [1.165, 1.54) is 0 Å². The summed E-state index contributed by atoms with van der Waals surface area (Å²) in [7, 11) is 0. The number of amides is 1. The van der Waals surface area contributed by atoms with Crippen molar-refractivity contribution in [2.45, 2.75) is 53.0 Å². The quantitative estimate of drug-likeness (QED) is 0.820. The molecule has 0 aliphatic carbocycles. The summed E-state index contributed by atoms with van der Waals surface area (Å²) < 4.78 is 0. The number of rotatable bonds is 6. The van der Waals surface area contributed by atoms with Gasteiger partial charge in [0, 0.05) is 23.3 Å². The molecule has 1 aromatic carbocycles. The van der Waals surface area contributed by atoms with E-state index in [1.54, 1.807) is 0 Å². The number of aryl methyl sites for hydroxylation is 1. The summed E-state index contributed by atoms with van der Waals surface area (Å²) in [6.07, 6.45) is 2.00. The van der Waals surface area contributed by atoms with Gasteiger partial charge in [-0.3, -0.25) is 4.79 Å². The van der Waals surface area contributed by atoms with Crippen LogP contribution >= 0.6 is 0 Å². The van der Waals surface area contributed by atoms with Gasteiger partial charge in [0.1, 0.15) is 0 Å². The minimum absolute atomic E-state index is 0.00279. The zero-order valence-corrected chi connectivity index (χ0v) is 12.8. The van der Waals surface area contributed by atoms with Crippen molar-refractivity contribution < 1.29 is 4.79 Å². The summed E-state index contributed by atoms with van der Waals surface area (Å²) in [5.41, 5.74) is 2.77. The smallest absolute Gasteiger partial charge is 0.251 e. The van der Waals surface area contributed by atoms with Crippen LogP contribution in [-0.2, 0) is 0 Å². The second-order valence-corrected chi connectivity index (χ2v) is 5.65. The Morgan fingerprint density at radius 1 is 1.26 bits per heavy atom. The Hall–Kier alpha value is -1.51. The van der Waals surface area contributed by atoms with Crippen LogP contribution < -0.4 is 10.6 Å². The van der Waals surface area contributed by atoms with Crippen molar-refractivity contribution in [2.24, 2.45) is 0 Å². The Labute approximate surface area is 116 Å². The zero-order chi connectivity index (χ0) is 14.5. The third-order valence-electron chi connectivity index (χ3n) is 3.39. The molecule has 0 fully saturated rings. The predicted octanol–water partition coefficient (Wildman–Crippen LogP) is 3.74. The summed E-state index contributed by atoms with van der Waals surface area (Å²) in [6, 6.07) is 5.81. The number of nitrogens with one attached hydrogen (secondary N) is 2. The van der Waals surface area contributed by atoms with E-state index in [0.29, 0.717) is 0 Å². The van der Waals surface area contributed by atoms with Crippen molar-refractivity contribution in [1.82, 2.24) is 5.32 Å². The summed E-state index contributed by atoms with van der Waals surface area (Å²) in [5, 5.41) is 6.41. The lowest BCUT2D eigenvalue weighted by molar-refractivity contribution is 0.0911. The summed E-state index contributed by atoms with van der Waals surface area (Å²) in [6.45, 7) is 11.3. The van der Waals surface area contributed by atoms with Crippen LogP contribution in [0.15, 0.2) is 18.2 Å². The molecule has 0 unspecified atom stereocenters. The molecule has 3 nitrogen and oxygen atoms in total. The molecule has 0 aromatic heterocycles.